The topological polar surface area (TPSA) is 91.4 Å². The summed E-state index contributed by atoms with van der Waals surface area (Å²) in [5.74, 6) is 0.943. The minimum absolute atomic E-state index is 0.0723. The second-order valence-electron chi connectivity index (χ2n) is 7.25. The van der Waals surface area contributed by atoms with Crippen LogP contribution in [-0.4, -0.2) is 58.5 Å². The molecule has 3 heterocycles. The lowest BCUT2D eigenvalue weighted by Gasteiger charge is -2.46. The normalized spacial score (nSPS) is 16.4. The number of hydrogen-bond acceptors (Lipinski definition) is 6. The molecule has 0 bridgehead atoms. The minimum atomic E-state index is -0.145. The van der Waals surface area contributed by atoms with E-state index in [0.717, 1.165) is 12.1 Å². The van der Waals surface area contributed by atoms with Crippen LogP contribution in [0.5, 0.6) is 5.88 Å². The van der Waals surface area contributed by atoms with Crippen molar-refractivity contribution in [3.05, 3.63) is 47.7 Å². The van der Waals surface area contributed by atoms with Crippen LogP contribution in [0.15, 0.2) is 42.1 Å². The van der Waals surface area contributed by atoms with Gasteiger partial charge in [0.15, 0.2) is 0 Å². The summed E-state index contributed by atoms with van der Waals surface area (Å²) in [6.45, 7) is 5.55. The molecule has 0 aromatic carbocycles. The molecule has 1 N–H and O–H groups in total. The van der Waals surface area contributed by atoms with Gasteiger partial charge in [0.2, 0.25) is 11.8 Å². The van der Waals surface area contributed by atoms with E-state index in [-0.39, 0.29) is 17.5 Å². The smallest absolute Gasteiger partial charge is 0.271 e. The van der Waals surface area contributed by atoms with Crippen LogP contribution in [0.4, 0.5) is 5.69 Å². The van der Waals surface area contributed by atoms with Crippen molar-refractivity contribution in [2.45, 2.75) is 18.9 Å². The summed E-state index contributed by atoms with van der Waals surface area (Å²) in [4.78, 5) is 39.7. The fraction of sp³-hybridized carbons (Fsp3) is 0.400. The van der Waals surface area contributed by atoms with Crippen molar-refractivity contribution >= 4 is 11.6 Å². The monoisotopic (exact) mass is 381 g/mol. The van der Waals surface area contributed by atoms with Gasteiger partial charge in [0.25, 0.3) is 5.56 Å². The number of H-pyrrole nitrogens is 1. The summed E-state index contributed by atoms with van der Waals surface area (Å²) in [7, 11) is 1.54. The number of aromatic nitrogens is 3. The lowest BCUT2D eigenvalue weighted by atomic mass is 10.0. The summed E-state index contributed by atoms with van der Waals surface area (Å²) < 4.78 is 5.15. The molecule has 0 atom stereocenters. The highest BCUT2D eigenvalue weighted by atomic mass is 16.5. The molecule has 2 aromatic heterocycles. The molecule has 1 aliphatic heterocycles. The van der Waals surface area contributed by atoms with E-state index >= 15 is 0 Å². The van der Waals surface area contributed by atoms with Gasteiger partial charge >= 0.3 is 0 Å². The van der Waals surface area contributed by atoms with Gasteiger partial charge in [-0.3, -0.25) is 14.6 Å². The molecule has 4 rings (SSSR count). The third-order valence-electron chi connectivity index (χ3n) is 5.25. The SMILES string of the molecule is C=CC(=O)N1CC(N(CC2CC2)c2cc(-c3cncc(OC)n3)c[nH]c2=O)C1. The molecule has 8 heteroatoms. The van der Waals surface area contributed by atoms with Crippen LogP contribution in [0, 0.1) is 5.92 Å². The van der Waals surface area contributed by atoms with E-state index in [1.165, 1.54) is 32.2 Å². The van der Waals surface area contributed by atoms with Crippen LogP contribution in [-0.2, 0) is 4.79 Å². The molecule has 8 nitrogen and oxygen atoms in total. The molecule has 28 heavy (non-hydrogen) atoms. The fourth-order valence-corrected chi connectivity index (χ4v) is 3.40. The highest BCUT2D eigenvalue weighted by Gasteiger charge is 2.37. The predicted molar refractivity (Wildman–Crippen MR) is 105 cm³/mol. The number of pyridine rings is 1. The van der Waals surface area contributed by atoms with Crippen molar-refractivity contribution in [1.29, 1.82) is 0 Å². The third kappa shape index (κ3) is 3.62. The summed E-state index contributed by atoms with van der Waals surface area (Å²) in [6, 6.07) is 1.97. The Hall–Kier alpha value is -3.16. The number of rotatable bonds is 7. The van der Waals surface area contributed by atoms with E-state index in [0.29, 0.717) is 36.3 Å². The maximum absolute atomic E-state index is 12.6. The van der Waals surface area contributed by atoms with Crippen molar-refractivity contribution in [1.82, 2.24) is 19.9 Å². The predicted octanol–water partition coefficient (Wildman–Crippen LogP) is 1.45. The number of amides is 1. The zero-order chi connectivity index (χ0) is 19.7. The number of hydrogen-bond donors (Lipinski definition) is 1. The van der Waals surface area contributed by atoms with Crippen molar-refractivity contribution in [3.8, 4) is 17.1 Å². The van der Waals surface area contributed by atoms with E-state index in [4.69, 9.17) is 4.74 Å². The van der Waals surface area contributed by atoms with Crippen LogP contribution in [0.2, 0.25) is 0 Å². The quantitative estimate of drug-likeness (QED) is 0.730. The summed E-state index contributed by atoms with van der Waals surface area (Å²) >= 11 is 0. The average Bonchev–Trinajstić information content (AvgIpc) is 3.50. The number of ether oxygens (including phenoxy) is 1. The Balaban J connectivity index is 1.63. The van der Waals surface area contributed by atoms with Gasteiger partial charge in [0, 0.05) is 31.4 Å². The highest BCUT2D eigenvalue weighted by molar-refractivity contribution is 5.87. The molecule has 1 amide bonds. The number of carbonyl (C=O) groups excluding carboxylic acids is 1. The number of likely N-dealkylation sites (tertiary alicyclic amines) is 1. The number of carbonyl (C=O) groups is 1. The lowest BCUT2D eigenvalue weighted by Crippen LogP contribution is -2.62. The maximum atomic E-state index is 12.6. The Morgan fingerprint density at radius 2 is 2.21 bits per heavy atom. The third-order valence-corrected chi connectivity index (χ3v) is 5.25. The van der Waals surface area contributed by atoms with Crippen LogP contribution < -0.4 is 15.2 Å². The second-order valence-corrected chi connectivity index (χ2v) is 7.25. The molecule has 2 aliphatic rings. The van der Waals surface area contributed by atoms with Gasteiger partial charge in [-0.15, -0.1) is 0 Å². The van der Waals surface area contributed by atoms with Crippen LogP contribution in [0.25, 0.3) is 11.3 Å². The molecular weight excluding hydrogens is 358 g/mol. The number of anilines is 1. The molecule has 0 spiro atoms. The Kier molecular flexibility index (Phi) is 4.85. The average molecular weight is 381 g/mol. The molecule has 0 unspecified atom stereocenters. The molecule has 2 fully saturated rings. The molecule has 1 aliphatic carbocycles. The molecule has 146 valence electrons. The Labute approximate surface area is 162 Å². The first kappa shape index (κ1) is 18.2. The van der Waals surface area contributed by atoms with Crippen molar-refractivity contribution in [3.63, 3.8) is 0 Å². The summed E-state index contributed by atoms with van der Waals surface area (Å²) in [5, 5.41) is 0. The van der Waals surface area contributed by atoms with Crippen LogP contribution in [0.1, 0.15) is 12.8 Å². The Morgan fingerprint density at radius 1 is 1.43 bits per heavy atom. The van der Waals surface area contributed by atoms with Gasteiger partial charge in [-0.2, -0.15) is 0 Å². The minimum Gasteiger partial charge on any atom is -0.480 e. The summed E-state index contributed by atoms with van der Waals surface area (Å²) in [6.07, 6.45) is 8.50. The largest absolute Gasteiger partial charge is 0.480 e. The van der Waals surface area contributed by atoms with E-state index in [2.05, 4.69) is 26.4 Å². The van der Waals surface area contributed by atoms with Gasteiger partial charge in [-0.25, -0.2) is 4.98 Å². The number of methoxy groups -OCH3 is 1. The molecule has 1 saturated carbocycles. The van der Waals surface area contributed by atoms with Gasteiger partial charge in [0.1, 0.15) is 5.69 Å². The van der Waals surface area contributed by atoms with E-state index in [1.54, 1.807) is 17.3 Å². The molecule has 0 radical (unpaired) electrons. The number of nitrogens with one attached hydrogen (secondary N) is 1. The van der Waals surface area contributed by atoms with Gasteiger partial charge in [-0.05, 0) is 30.9 Å². The first-order valence-corrected chi connectivity index (χ1v) is 9.36. The van der Waals surface area contributed by atoms with E-state index < -0.39 is 0 Å². The van der Waals surface area contributed by atoms with Crippen molar-refractivity contribution in [2.24, 2.45) is 5.92 Å². The van der Waals surface area contributed by atoms with E-state index in [9.17, 15) is 9.59 Å². The molecule has 1 saturated heterocycles. The first-order chi connectivity index (χ1) is 13.6. The van der Waals surface area contributed by atoms with Gasteiger partial charge in [-0.1, -0.05) is 6.58 Å². The standard InChI is InChI=1S/C20H23N5O3/c1-3-19(26)24-11-15(12-24)25(10-13-4-5-13)17-6-14(7-22-20(17)27)16-8-21-9-18(23-16)28-2/h3,6-9,13,15H,1,4-5,10-12H2,2H3,(H,22,27). The molecule has 2 aromatic rings. The Morgan fingerprint density at radius 3 is 2.89 bits per heavy atom. The second kappa shape index (κ2) is 7.46. The van der Waals surface area contributed by atoms with Gasteiger partial charge < -0.3 is 19.5 Å². The number of nitrogens with zero attached hydrogens (tertiary/aromatic N) is 4. The first-order valence-electron chi connectivity index (χ1n) is 9.36. The molecular formula is C20H23N5O3. The zero-order valence-electron chi connectivity index (χ0n) is 15.8. The lowest BCUT2D eigenvalue weighted by molar-refractivity contribution is -0.130. The van der Waals surface area contributed by atoms with E-state index in [1.807, 2.05) is 6.07 Å². The number of aromatic amines is 1. The van der Waals surface area contributed by atoms with Crippen molar-refractivity contribution < 1.29 is 9.53 Å². The maximum Gasteiger partial charge on any atom is 0.271 e. The summed E-state index contributed by atoms with van der Waals surface area (Å²) in [5.41, 5.74) is 1.85. The zero-order valence-corrected chi connectivity index (χ0v) is 15.8. The van der Waals surface area contributed by atoms with Crippen molar-refractivity contribution in [2.75, 3.05) is 31.6 Å². The van der Waals surface area contributed by atoms with Crippen LogP contribution in [0.3, 0.4) is 0 Å². The fourth-order valence-electron chi connectivity index (χ4n) is 3.40. The van der Waals surface area contributed by atoms with Gasteiger partial charge in [0.05, 0.1) is 31.2 Å². The van der Waals surface area contributed by atoms with Crippen LogP contribution >= 0.6 is 0 Å². The highest BCUT2D eigenvalue weighted by Crippen LogP contribution is 2.33. The Bertz CT molecular complexity index is 947.